The largest absolute Gasteiger partial charge is 0.393 e. The Morgan fingerprint density at radius 3 is 2.62 bits per heavy atom. The van der Waals surface area contributed by atoms with Gasteiger partial charge in [0.25, 0.3) is 5.69 Å². The van der Waals surface area contributed by atoms with Crippen molar-refractivity contribution < 1.29 is 18.1 Å². The summed E-state index contributed by atoms with van der Waals surface area (Å²) in [4.78, 5) is 10.0. The molecule has 0 bridgehead atoms. The molecule has 9 heteroatoms. The van der Waals surface area contributed by atoms with Gasteiger partial charge in [0, 0.05) is 25.8 Å². The molecule has 0 amide bonds. The van der Waals surface area contributed by atoms with E-state index in [9.17, 15) is 18.5 Å². The molecule has 0 saturated heterocycles. The lowest BCUT2D eigenvalue weighted by molar-refractivity contribution is -0.383. The van der Waals surface area contributed by atoms with Crippen molar-refractivity contribution in [3.05, 3.63) is 28.3 Å². The molecule has 0 heterocycles. The second-order valence-corrected chi connectivity index (χ2v) is 6.71. The maximum Gasteiger partial charge on any atom is 0.292 e. The van der Waals surface area contributed by atoms with Gasteiger partial charge in [0.1, 0.15) is 5.69 Å². The quantitative estimate of drug-likeness (QED) is 0.455. The van der Waals surface area contributed by atoms with E-state index >= 15 is 0 Å². The number of nitro benzene ring substituents is 1. The smallest absolute Gasteiger partial charge is 0.292 e. The van der Waals surface area contributed by atoms with E-state index in [1.165, 1.54) is 17.5 Å². The number of methoxy groups -OCH3 is 1. The minimum absolute atomic E-state index is 0.0263. The Hall–Kier alpha value is -1.71. The van der Waals surface area contributed by atoms with Gasteiger partial charge in [-0.15, -0.1) is 0 Å². The van der Waals surface area contributed by atoms with E-state index in [-0.39, 0.29) is 35.5 Å². The summed E-state index contributed by atoms with van der Waals surface area (Å²) in [5.41, 5.74) is 5.10. The predicted molar refractivity (Wildman–Crippen MR) is 76.3 cm³/mol. The van der Waals surface area contributed by atoms with Gasteiger partial charge >= 0.3 is 0 Å². The number of anilines is 1. The Labute approximate surface area is 122 Å². The summed E-state index contributed by atoms with van der Waals surface area (Å²) < 4.78 is 31.5. The van der Waals surface area contributed by atoms with Gasteiger partial charge < -0.3 is 10.5 Å². The van der Waals surface area contributed by atoms with Crippen LogP contribution in [0.25, 0.3) is 0 Å². The second kappa shape index (κ2) is 5.96. The van der Waals surface area contributed by atoms with E-state index in [0.29, 0.717) is 0 Å². The van der Waals surface area contributed by atoms with Gasteiger partial charge in [-0.25, -0.2) is 8.42 Å². The maximum absolute atomic E-state index is 12.6. The molecule has 1 aliphatic carbocycles. The molecule has 21 heavy (non-hydrogen) atoms. The third-order valence-electron chi connectivity index (χ3n) is 3.27. The van der Waals surface area contributed by atoms with Crippen molar-refractivity contribution in [3.8, 4) is 0 Å². The number of nitrogen functional groups attached to an aromatic ring is 1. The number of sulfonamides is 1. The van der Waals surface area contributed by atoms with Crippen LogP contribution in [0.4, 0.5) is 11.4 Å². The molecule has 0 spiro atoms. The Kier molecular flexibility index (Phi) is 4.45. The summed E-state index contributed by atoms with van der Waals surface area (Å²) in [6.45, 7) is 0.540. The molecule has 0 unspecified atom stereocenters. The van der Waals surface area contributed by atoms with E-state index in [1.807, 2.05) is 0 Å². The number of hydrogen-bond acceptors (Lipinski definition) is 6. The number of nitrogens with zero attached hydrogens (tertiary/aromatic N) is 2. The van der Waals surface area contributed by atoms with Crippen LogP contribution in [0.15, 0.2) is 23.1 Å². The van der Waals surface area contributed by atoms with Crippen molar-refractivity contribution in [2.75, 3.05) is 26.0 Å². The average molecular weight is 315 g/mol. The fraction of sp³-hybridized carbons (Fsp3) is 0.500. The third-order valence-corrected chi connectivity index (χ3v) is 5.22. The Morgan fingerprint density at radius 1 is 1.48 bits per heavy atom. The number of nitro groups is 1. The number of rotatable bonds is 7. The molecular weight excluding hydrogens is 298 g/mol. The van der Waals surface area contributed by atoms with Gasteiger partial charge in [-0.05, 0) is 25.0 Å². The SMILES string of the molecule is COCCN(C1CC1)S(=O)(=O)c1ccc([N+](=O)[O-])c(N)c1. The zero-order valence-electron chi connectivity index (χ0n) is 11.6. The summed E-state index contributed by atoms with van der Waals surface area (Å²) in [7, 11) is -2.22. The molecule has 1 aromatic carbocycles. The highest BCUT2D eigenvalue weighted by Gasteiger charge is 2.38. The lowest BCUT2D eigenvalue weighted by Gasteiger charge is -2.21. The monoisotopic (exact) mass is 315 g/mol. The fourth-order valence-electron chi connectivity index (χ4n) is 2.04. The third kappa shape index (κ3) is 3.31. The molecule has 2 rings (SSSR count). The summed E-state index contributed by atoms with van der Waals surface area (Å²) in [6, 6.07) is 3.44. The molecule has 1 fully saturated rings. The molecule has 116 valence electrons. The van der Waals surface area contributed by atoms with E-state index in [2.05, 4.69) is 0 Å². The topological polar surface area (TPSA) is 116 Å². The molecule has 1 aromatic rings. The van der Waals surface area contributed by atoms with Gasteiger partial charge in [0.2, 0.25) is 10.0 Å². The molecule has 0 radical (unpaired) electrons. The average Bonchev–Trinajstić information content (AvgIpc) is 3.23. The second-order valence-electron chi connectivity index (χ2n) is 4.82. The van der Waals surface area contributed by atoms with E-state index < -0.39 is 14.9 Å². The van der Waals surface area contributed by atoms with E-state index in [1.54, 1.807) is 0 Å². The Morgan fingerprint density at radius 2 is 2.14 bits per heavy atom. The number of hydrogen-bond donors (Lipinski definition) is 1. The van der Waals surface area contributed by atoms with E-state index in [4.69, 9.17) is 10.5 Å². The van der Waals surface area contributed by atoms with Crippen LogP contribution in [0.1, 0.15) is 12.8 Å². The molecule has 1 saturated carbocycles. The maximum atomic E-state index is 12.6. The van der Waals surface area contributed by atoms with E-state index in [0.717, 1.165) is 25.0 Å². The lowest BCUT2D eigenvalue weighted by Crippen LogP contribution is -2.35. The van der Waals surface area contributed by atoms with Crippen LogP contribution < -0.4 is 5.73 Å². The van der Waals surface area contributed by atoms with Crippen LogP contribution in [-0.2, 0) is 14.8 Å². The van der Waals surface area contributed by atoms with Gasteiger partial charge in [-0.2, -0.15) is 4.31 Å². The number of ether oxygens (including phenoxy) is 1. The van der Waals surface area contributed by atoms with Crippen LogP contribution in [-0.4, -0.2) is 43.9 Å². The summed E-state index contributed by atoms with van der Waals surface area (Å²) in [6.07, 6.45) is 1.62. The standard InChI is InChI=1S/C12H17N3O5S/c1-20-7-6-14(9-2-3-9)21(18,19)10-4-5-12(15(16)17)11(13)8-10/h4-5,8-9H,2-3,6-7,13H2,1H3. The van der Waals surface area contributed by atoms with Crippen molar-refractivity contribution in [2.24, 2.45) is 0 Å². The van der Waals surface area contributed by atoms with Crippen LogP contribution in [0.5, 0.6) is 0 Å². The van der Waals surface area contributed by atoms with Crippen molar-refractivity contribution in [1.82, 2.24) is 4.31 Å². The molecule has 2 N–H and O–H groups in total. The fourth-order valence-corrected chi connectivity index (χ4v) is 3.74. The van der Waals surface area contributed by atoms with Crippen molar-refractivity contribution in [3.63, 3.8) is 0 Å². The van der Waals surface area contributed by atoms with Crippen LogP contribution in [0, 0.1) is 10.1 Å². The first kappa shape index (κ1) is 15.7. The zero-order chi connectivity index (χ0) is 15.6. The molecular formula is C12H17N3O5S. The van der Waals surface area contributed by atoms with Crippen LogP contribution >= 0.6 is 0 Å². The highest BCUT2D eigenvalue weighted by atomic mass is 32.2. The van der Waals surface area contributed by atoms with Crippen molar-refractivity contribution in [2.45, 2.75) is 23.8 Å². The first-order valence-corrected chi connectivity index (χ1v) is 7.86. The highest BCUT2D eigenvalue weighted by Crippen LogP contribution is 2.33. The number of nitrogens with two attached hydrogens (primary N) is 1. The van der Waals surface area contributed by atoms with Crippen molar-refractivity contribution >= 4 is 21.4 Å². The summed E-state index contributed by atoms with van der Waals surface area (Å²) in [5, 5.41) is 10.7. The predicted octanol–water partition coefficient (Wildman–Crippen LogP) is 0.976. The van der Waals surface area contributed by atoms with Gasteiger partial charge in [0.15, 0.2) is 0 Å². The Balaban J connectivity index is 2.33. The minimum Gasteiger partial charge on any atom is -0.393 e. The van der Waals surface area contributed by atoms with Gasteiger partial charge in [0.05, 0.1) is 16.4 Å². The lowest BCUT2D eigenvalue weighted by atomic mass is 10.3. The molecule has 8 nitrogen and oxygen atoms in total. The molecule has 0 aliphatic heterocycles. The zero-order valence-corrected chi connectivity index (χ0v) is 12.4. The van der Waals surface area contributed by atoms with Gasteiger partial charge in [-0.1, -0.05) is 0 Å². The first-order chi connectivity index (χ1) is 9.87. The molecule has 0 atom stereocenters. The van der Waals surface area contributed by atoms with Crippen LogP contribution in [0.3, 0.4) is 0 Å². The Bertz CT molecular complexity index is 642. The summed E-state index contributed by atoms with van der Waals surface area (Å²) >= 11 is 0. The van der Waals surface area contributed by atoms with Gasteiger partial charge in [-0.3, -0.25) is 10.1 Å². The number of benzene rings is 1. The van der Waals surface area contributed by atoms with Crippen molar-refractivity contribution in [1.29, 1.82) is 0 Å². The molecule has 0 aromatic heterocycles. The minimum atomic E-state index is -3.72. The normalized spacial score (nSPS) is 15.3. The molecule has 1 aliphatic rings. The first-order valence-electron chi connectivity index (χ1n) is 6.42. The van der Waals surface area contributed by atoms with Crippen LogP contribution in [0.2, 0.25) is 0 Å². The highest BCUT2D eigenvalue weighted by molar-refractivity contribution is 7.89. The summed E-state index contributed by atoms with van der Waals surface area (Å²) in [5.74, 6) is 0.